The molecule has 3 nitrogen and oxygen atoms in total. The highest BCUT2D eigenvalue weighted by molar-refractivity contribution is 5.88. The van der Waals surface area contributed by atoms with E-state index in [2.05, 4.69) is 5.32 Å². The highest BCUT2D eigenvalue weighted by atomic mass is 19.3. The third kappa shape index (κ3) is 2.27. The van der Waals surface area contributed by atoms with E-state index in [0.29, 0.717) is 12.8 Å². The first-order valence-electron chi connectivity index (χ1n) is 5.31. The zero-order chi connectivity index (χ0) is 11.6. The highest BCUT2D eigenvalue weighted by Crippen LogP contribution is 2.25. The Kier molecular flexibility index (Phi) is 3.65. The number of nitrogens with one attached hydrogen (secondary N) is 1. The summed E-state index contributed by atoms with van der Waals surface area (Å²) in [5.74, 6) is -0.211. The summed E-state index contributed by atoms with van der Waals surface area (Å²) < 4.78 is 24.6. The molecular weight excluding hydrogens is 202 g/mol. The van der Waals surface area contributed by atoms with Crippen molar-refractivity contribution in [2.45, 2.75) is 51.7 Å². The summed E-state index contributed by atoms with van der Waals surface area (Å²) in [5.41, 5.74) is -0.671. The number of hydrogen-bond acceptors (Lipinski definition) is 2. The van der Waals surface area contributed by atoms with Crippen LogP contribution in [0.5, 0.6) is 0 Å². The molecule has 1 aliphatic rings. The molecule has 0 aliphatic carbocycles. The van der Waals surface area contributed by atoms with Crippen LogP contribution in [0.4, 0.5) is 8.78 Å². The first-order chi connectivity index (χ1) is 6.94. The normalized spacial score (nSPS) is 31.7. The molecule has 15 heavy (non-hydrogen) atoms. The molecule has 0 saturated carbocycles. The van der Waals surface area contributed by atoms with Crippen molar-refractivity contribution >= 4 is 5.91 Å². The van der Waals surface area contributed by atoms with Gasteiger partial charge in [-0.2, -0.15) is 0 Å². The number of amides is 1. The first-order valence-corrected chi connectivity index (χ1v) is 5.31. The van der Waals surface area contributed by atoms with E-state index >= 15 is 0 Å². The zero-order valence-corrected chi connectivity index (χ0v) is 9.39. The molecule has 1 rings (SSSR count). The molecule has 0 bridgehead atoms. The van der Waals surface area contributed by atoms with Gasteiger partial charge >= 0.3 is 0 Å². The third-order valence-electron chi connectivity index (χ3n) is 3.02. The van der Waals surface area contributed by atoms with Crippen LogP contribution in [0.15, 0.2) is 0 Å². The summed E-state index contributed by atoms with van der Waals surface area (Å²) in [4.78, 5) is 13.2. The minimum Gasteiger partial charge on any atom is -0.320 e. The summed E-state index contributed by atoms with van der Waals surface area (Å²) >= 11 is 0. The van der Waals surface area contributed by atoms with Gasteiger partial charge in [-0.25, -0.2) is 8.78 Å². The van der Waals surface area contributed by atoms with Gasteiger partial charge in [-0.05, 0) is 19.8 Å². The molecule has 1 saturated heterocycles. The van der Waals surface area contributed by atoms with Crippen LogP contribution in [-0.2, 0) is 4.79 Å². The van der Waals surface area contributed by atoms with Crippen molar-refractivity contribution in [1.29, 1.82) is 0 Å². The van der Waals surface area contributed by atoms with Gasteiger partial charge in [0.2, 0.25) is 5.91 Å². The fourth-order valence-corrected chi connectivity index (χ4v) is 1.90. The lowest BCUT2D eigenvalue weighted by molar-refractivity contribution is -0.134. The van der Waals surface area contributed by atoms with Crippen molar-refractivity contribution in [3.05, 3.63) is 0 Å². The van der Waals surface area contributed by atoms with Gasteiger partial charge in [-0.1, -0.05) is 13.8 Å². The molecule has 88 valence electrons. The SMILES string of the molecule is CCC1NC(C)(CC)C(=O)N1CC(F)F. The molecular formula is C10H18F2N2O. The molecule has 0 aromatic heterocycles. The predicted molar refractivity (Wildman–Crippen MR) is 53.6 cm³/mol. The molecule has 0 spiro atoms. The van der Waals surface area contributed by atoms with Crippen LogP contribution < -0.4 is 5.32 Å². The van der Waals surface area contributed by atoms with Gasteiger partial charge in [0.05, 0.1) is 18.2 Å². The maximum absolute atomic E-state index is 12.3. The fraction of sp³-hybridized carbons (Fsp3) is 0.900. The van der Waals surface area contributed by atoms with Crippen molar-refractivity contribution in [1.82, 2.24) is 10.2 Å². The fourth-order valence-electron chi connectivity index (χ4n) is 1.90. The molecule has 1 N–H and O–H groups in total. The van der Waals surface area contributed by atoms with Gasteiger partial charge in [0.1, 0.15) is 0 Å². The summed E-state index contributed by atoms with van der Waals surface area (Å²) in [6, 6.07) is 0. The van der Waals surface area contributed by atoms with Gasteiger partial charge < -0.3 is 4.90 Å². The van der Waals surface area contributed by atoms with E-state index in [-0.39, 0.29) is 12.1 Å². The molecule has 1 aliphatic heterocycles. The Labute approximate surface area is 88.8 Å². The molecule has 1 amide bonds. The van der Waals surface area contributed by atoms with Crippen LogP contribution in [0, 0.1) is 0 Å². The third-order valence-corrected chi connectivity index (χ3v) is 3.02. The maximum atomic E-state index is 12.3. The maximum Gasteiger partial charge on any atom is 0.255 e. The van der Waals surface area contributed by atoms with E-state index in [1.165, 1.54) is 4.90 Å². The molecule has 0 radical (unpaired) electrons. The number of hydrogen-bond donors (Lipinski definition) is 1. The summed E-state index contributed by atoms with van der Waals surface area (Å²) in [6.45, 7) is 5.05. The topological polar surface area (TPSA) is 32.3 Å². The van der Waals surface area contributed by atoms with Crippen LogP contribution in [0.3, 0.4) is 0 Å². The van der Waals surface area contributed by atoms with Crippen molar-refractivity contribution in [2.24, 2.45) is 0 Å². The largest absolute Gasteiger partial charge is 0.320 e. The standard InChI is InChI=1S/C10H18F2N2O/c1-4-8-13-10(3,5-2)9(15)14(8)6-7(11)12/h7-8,13H,4-6H2,1-3H3. The number of carbonyl (C=O) groups excluding carboxylic acids is 1. The van der Waals surface area contributed by atoms with Gasteiger partial charge in [-0.15, -0.1) is 0 Å². The quantitative estimate of drug-likeness (QED) is 0.780. The Morgan fingerprint density at radius 2 is 2.13 bits per heavy atom. The Morgan fingerprint density at radius 1 is 1.53 bits per heavy atom. The zero-order valence-electron chi connectivity index (χ0n) is 9.39. The lowest BCUT2D eigenvalue weighted by atomic mass is 9.99. The van der Waals surface area contributed by atoms with Crippen molar-refractivity contribution < 1.29 is 13.6 Å². The molecule has 0 aromatic rings. The smallest absolute Gasteiger partial charge is 0.255 e. The van der Waals surface area contributed by atoms with Crippen LogP contribution in [0.25, 0.3) is 0 Å². The highest BCUT2D eigenvalue weighted by Gasteiger charge is 2.46. The van der Waals surface area contributed by atoms with Crippen LogP contribution in [0.2, 0.25) is 0 Å². The Balaban J connectivity index is 2.81. The van der Waals surface area contributed by atoms with E-state index in [9.17, 15) is 13.6 Å². The Hall–Kier alpha value is -0.710. The van der Waals surface area contributed by atoms with E-state index < -0.39 is 18.5 Å². The lowest BCUT2D eigenvalue weighted by Gasteiger charge is -2.22. The number of rotatable bonds is 4. The molecule has 0 aromatic carbocycles. The Morgan fingerprint density at radius 3 is 2.53 bits per heavy atom. The van der Waals surface area contributed by atoms with Crippen LogP contribution >= 0.6 is 0 Å². The average molecular weight is 220 g/mol. The van der Waals surface area contributed by atoms with Crippen molar-refractivity contribution in [3.63, 3.8) is 0 Å². The van der Waals surface area contributed by atoms with E-state index in [4.69, 9.17) is 0 Å². The molecule has 1 fully saturated rings. The minimum atomic E-state index is -2.47. The first kappa shape index (κ1) is 12.4. The second kappa shape index (κ2) is 4.43. The predicted octanol–water partition coefficient (Wildman–Crippen LogP) is 1.59. The number of halogens is 2. The van der Waals surface area contributed by atoms with E-state index in [0.717, 1.165) is 0 Å². The van der Waals surface area contributed by atoms with Crippen molar-refractivity contribution in [2.75, 3.05) is 6.54 Å². The van der Waals surface area contributed by atoms with E-state index in [1.807, 2.05) is 13.8 Å². The Bertz CT molecular complexity index is 248. The van der Waals surface area contributed by atoms with Crippen molar-refractivity contribution in [3.8, 4) is 0 Å². The van der Waals surface area contributed by atoms with Gasteiger partial charge in [-0.3, -0.25) is 10.1 Å². The molecule has 2 unspecified atom stereocenters. The van der Waals surface area contributed by atoms with Crippen LogP contribution in [-0.4, -0.2) is 35.5 Å². The minimum absolute atomic E-state index is 0.211. The summed E-state index contributed by atoms with van der Waals surface area (Å²) in [5, 5.41) is 3.11. The van der Waals surface area contributed by atoms with E-state index in [1.54, 1.807) is 6.92 Å². The lowest BCUT2D eigenvalue weighted by Crippen LogP contribution is -2.43. The van der Waals surface area contributed by atoms with Gasteiger partial charge in [0.15, 0.2) is 0 Å². The van der Waals surface area contributed by atoms with Gasteiger partial charge in [0.25, 0.3) is 6.43 Å². The number of nitrogens with zero attached hydrogens (tertiary/aromatic N) is 1. The molecule has 5 heteroatoms. The second-order valence-corrected chi connectivity index (χ2v) is 4.10. The average Bonchev–Trinajstić information content (AvgIpc) is 2.43. The molecule has 2 atom stereocenters. The number of alkyl halides is 2. The monoisotopic (exact) mass is 220 g/mol. The molecule has 1 heterocycles. The van der Waals surface area contributed by atoms with Gasteiger partial charge in [0, 0.05) is 0 Å². The van der Waals surface area contributed by atoms with Crippen LogP contribution in [0.1, 0.15) is 33.6 Å². The second-order valence-electron chi connectivity index (χ2n) is 4.10. The summed E-state index contributed by atoms with van der Waals surface area (Å²) in [6.07, 6.45) is -1.46. The summed E-state index contributed by atoms with van der Waals surface area (Å²) in [7, 11) is 0. The number of carbonyl (C=O) groups is 1.